The maximum absolute atomic E-state index is 10.5. The number of unbranched alkanes of at least 4 members (excludes halogenated alkanes) is 1. The predicted octanol–water partition coefficient (Wildman–Crippen LogP) is 0.966. The van der Waals surface area contributed by atoms with E-state index in [-0.39, 0.29) is 11.9 Å². The van der Waals surface area contributed by atoms with Gasteiger partial charge in [-0.15, -0.1) is 0 Å². The largest absolute Gasteiger partial charge is 0.481 e. The van der Waals surface area contributed by atoms with Crippen LogP contribution in [0, 0.1) is 0 Å². The first-order chi connectivity index (χ1) is 5.99. The molecule has 0 aromatic carbocycles. The van der Waals surface area contributed by atoms with Crippen molar-refractivity contribution < 1.29 is 22.5 Å². The van der Waals surface area contributed by atoms with Gasteiger partial charge >= 0.3 is 15.1 Å². The van der Waals surface area contributed by atoms with Crippen LogP contribution in [0.15, 0.2) is 0 Å². The number of rotatable bonds is 5. The van der Waals surface area contributed by atoms with Gasteiger partial charge in [-0.3, -0.25) is 4.79 Å². The molecule has 0 aliphatic carbocycles. The van der Waals surface area contributed by atoms with Crippen molar-refractivity contribution in [3.05, 3.63) is 0 Å². The van der Waals surface area contributed by atoms with Gasteiger partial charge in [-0.05, 0) is 19.3 Å². The molecule has 1 aliphatic heterocycles. The van der Waals surface area contributed by atoms with Crippen LogP contribution in [-0.2, 0) is 18.1 Å². The van der Waals surface area contributed by atoms with E-state index in [2.05, 4.69) is 4.18 Å². The lowest BCUT2D eigenvalue weighted by Crippen LogP contribution is -2.25. The molecule has 0 radical (unpaired) electrons. The first-order valence-corrected chi connectivity index (χ1v) is 6.63. The Hall–Kier alpha value is -0.270. The Balaban J connectivity index is 2.00. The van der Waals surface area contributed by atoms with E-state index in [9.17, 15) is 13.2 Å². The Morgan fingerprint density at radius 2 is 2.08 bits per heavy atom. The second-order valence-corrected chi connectivity index (χ2v) is 6.20. The van der Waals surface area contributed by atoms with Gasteiger partial charge in [-0.25, -0.2) is 4.18 Å². The van der Waals surface area contributed by atoms with E-state index >= 15 is 0 Å². The average molecular weight is 226 g/mol. The molecule has 13 heavy (non-hydrogen) atoms. The van der Waals surface area contributed by atoms with Crippen molar-refractivity contribution in [2.24, 2.45) is 0 Å². The highest BCUT2D eigenvalue weighted by Crippen LogP contribution is 2.38. The van der Waals surface area contributed by atoms with Crippen LogP contribution >= 0.6 is 10.8 Å². The summed E-state index contributed by atoms with van der Waals surface area (Å²) in [5.74, 6) is -0.824. The lowest BCUT2D eigenvalue weighted by molar-refractivity contribution is -0.137. The average Bonchev–Trinajstić information content (AvgIpc) is 1.93. The molecule has 7 heteroatoms. The van der Waals surface area contributed by atoms with Gasteiger partial charge in [0.25, 0.3) is 0 Å². The minimum Gasteiger partial charge on any atom is -0.481 e. The standard InChI is InChI=1S/C6H10O5S2/c7-5(8)3-1-2-4-6-11-13(9,10)12-6/h6H,1-4H2,(H,7,8). The van der Waals surface area contributed by atoms with Crippen molar-refractivity contribution in [1.29, 1.82) is 0 Å². The second kappa shape index (κ2) is 4.30. The highest BCUT2D eigenvalue weighted by Gasteiger charge is 2.35. The first kappa shape index (κ1) is 10.8. The van der Waals surface area contributed by atoms with Crippen LogP contribution < -0.4 is 0 Å². The van der Waals surface area contributed by atoms with E-state index in [4.69, 9.17) is 5.11 Å². The predicted molar refractivity (Wildman–Crippen MR) is 47.5 cm³/mol. The van der Waals surface area contributed by atoms with Crippen molar-refractivity contribution in [2.75, 3.05) is 0 Å². The summed E-state index contributed by atoms with van der Waals surface area (Å²) in [6, 6.07) is 0. The summed E-state index contributed by atoms with van der Waals surface area (Å²) in [4.78, 5) is 10.1. The zero-order chi connectivity index (χ0) is 9.90. The molecule has 5 nitrogen and oxygen atoms in total. The van der Waals surface area contributed by atoms with E-state index in [1.807, 2.05) is 0 Å². The van der Waals surface area contributed by atoms with Gasteiger partial charge in [-0.2, -0.15) is 8.42 Å². The Morgan fingerprint density at radius 1 is 1.46 bits per heavy atom. The maximum Gasteiger partial charge on any atom is 0.325 e. The maximum atomic E-state index is 10.5. The van der Waals surface area contributed by atoms with Crippen LogP contribution in [-0.4, -0.2) is 24.9 Å². The minimum atomic E-state index is -3.28. The Labute approximate surface area is 80.0 Å². The lowest BCUT2D eigenvalue weighted by Gasteiger charge is -2.23. The molecule has 0 aromatic heterocycles. The summed E-state index contributed by atoms with van der Waals surface area (Å²) in [5.41, 5.74) is -0.293. The van der Waals surface area contributed by atoms with Crippen molar-refractivity contribution in [1.82, 2.24) is 0 Å². The molecule has 0 bridgehead atoms. The number of hydrogen-bond donors (Lipinski definition) is 1. The van der Waals surface area contributed by atoms with Crippen molar-refractivity contribution in [3.8, 4) is 0 Å². The van der Waals surface area contributed by atoms with Crippen LogP contribution in [0.25, 0.3) is 0 Å². The van der Waals surface area contributed by atoms with Gasteiger partial charge in [0.15, 0.2) is 0 Å². The van der Waals surface area contributed by atoms with Crippen LogP contribution in [0.2, 0.25) is 0 Å². The van der Waals surface area contributed by atoms with Gasteiger partial charge in [0.05, 0.1) is 0 Å². The quantitative estimate of drug-likeness (QED) is 0.555. The molecule has 0 amide bonds. The number of hydrogen-bond acceptors (Lipinski definition) is 5. The molecule has 1 N–H and O–H groups in total. The van der Waals surface area contributed by atoms with E-state index in [1.165, 1.54) is 0 Å². The molecule has 0 saturated carbocycles. The van der Waals surface area contributed by atoms with Gasteiger partial charge < -0.3 is 5.11 Å². The fourth-order valence-corrected chi connectivity index (χ4v) is 3.43. The van der Waals surface area contributed by atoms with E-state index < -0.39 is 15.1 Å². The van der Waals surface area contributed by atoms with Crippen LogP contribution in [0.3, 0.4) is 0 Å². The summed E-state index contributed by atoms with van der Waals surface area (Å²) in [6.45, 7) is 0. The lowest BCUT2D eigenvalue weighted by atomic mass is 10.2. The van der Waals surface area contributed by atoms with Gasteiger partial charge in [0.1, 0.15) is 5.44 Å². The molecule has 1 atom stereocenters. The van der Waals surface area contributed by atoms with Crippen LogP contribution in [0.1, 0.15) is 25.7 Å². The van der Waals surface area contributed by atoms with Crippen LogP contribution in [0.5, 0.6) is 0 Å². The summed E-state index contributed by atoms with van der Waals surface area (Å²) in [5, 5.41) is 8.30. The summed E-state index contributed by atoms with van der Waals surface area (Å²) < 4.78 is 25.5. The van der Waals surface area contributed by atoms with Crippen molar-refractivity contribution in [2.45, 2.75) is 31.1 Å². The third kappa shape index (κ3) is 3.97. The topological polar surface area (TPSA) is 80.7 Å². The van der Waals surface area contributed by atoms with Crippen molar-refractivity contribution >= 4 is 25.9 Å². The minimum absolute atomic E-state index is 0.129. The molecular formula is C6H10O5S2. The summed E-state index contributed by atoms with van der Waals surface area (Å²) in [7, 11) is -2.49. The fraction of sp³-hybridized carbons (Fsp3) is 0.833. The second-order valence-electron chi connectivity index (χ2n) is 2.67. The van der Waals surface area contributed by atoms with E-state index in [0.717, 1.165) is 10.8 Å². The van der Waals surface area contributed by atoms with E-state index in [0.29, 0.717) is 19.3 Å². The Kier molecular flexibility index (Phi) is 3.57. The SMILES string of the molecule is O=C(O)CCCCC1OS(=O)(=O)S1. The van der Waals surface area contributed by atoms with Gasteiger partial charge in [0.2, 0.25) is 0 Å². The highest BCUT2D eigenvalue weighted by molar-refractivity contribution is 8.72. The number of carboxylic acid groups (broad SMARTS) is 1. The highest BCUT2D eigenvalue weighted by atomic mass is 33.2. The number of aliphatic carboxylic acids is 1. The monoisotopic (exact) mass is 226 g/mol. The third-order valence-corrected chi connectivity index (χ3v) is 4.49. The molecule has 1 heterocycles. The smallest absolute Gasteiger partial charge is 0.325 e. The van der Waals surface area contributed by atoms with Crippen LogP contribution in [0.4, 0.5) is 0 Å². The third-order valence-electron chi connectivity index (χ3n) is 1.53. The first-order valence-electron chi connectivity index (χ1n) is 3.83. The molecule has 0 aromatic rings. The molecular weight excluding hydrogens is 216 g/mol. The molecule has 1 unspecified atom stereocenters. The molecule has 0 spiro atoms. The normalized spacial score (nSPS) is 25.1. The Bertz CT molecular complexity index is 271. The molecule has 1 rings (SSSR count). The number of carbonyl (C=O) groups is 1. The molecule has 76 valence electrons. The molecule has 1 aliphatic rings. The van der Waals surface area contributed by atoms with Gasteiger partial charge in [0, 0.05) is 17.2 Å². The summed E-state index contributed by atoms with van der Waals surface area (Å²) in [6.07, 6.45) is 1.97. The molecule has 1 saturated heterocycles. The molecule has 1 fully saturated rings. The van der Waals surface area contributed by atoms with Gasteiger partial charge in [-0.1, -0.05) is 0 Å². The van der Waals surface area contributed by atoms with E-state index in [1.54, 1.807) is 0 Å². The number of carboxylic acids is 1. The zero-order valence-corrected chi connectivity index (χ0v) is 8.44. The summed E-state index contributed by atoms with van der Waals surface area (Å²) >= 11 is 0. The fourth-order valence-electron chi connectivity index (χ4n) is 0.954. The van der Waals surface area contributed by atoms with Crippen molar-refractivity contribution in [3.63, 3.8) is 0 Å². The Morgan fingerprint density at radius 3 is 2.54 bits per heavy atom. The zero-order valence-electron chi connectivity index (χ0n) is 6.80.